The van der Waals surface area contributed by atoms with Gasteiger partial charge in [-0.25, -0.2) is 0 Å². The van der Waals surface area contributed by atoms with Crippen molar-refractivity contribution < 1.29 is 9.59 Å². The van der Waals surface area contributed by atoms with Crippen LogP contribution in [0.5, 0.6) is 0 Å². The lowest BCUT2D eigenvalue weighted by Gasteiger charge is -2.34. The second-order valence-electron chi connectivity index (χ2n) is 5.78. The monoisotopic (exact) mass is 284 g/mol. The Hall–Kier alpha value is -1.03. The third-order valence-corrected chi connectivity index (χ3v) is 4.50. The summed E-state index contributed by atoms with van der Waals surface area (Å²) in [6.45, 7) is 4.32. The fraction of sp³-hybridized carbons (Fsp3) is 0.714. The fourth-order valence-corrected chi connectivity index (χ4v) is 3.14. The zero-order valence-corrected chi connectivity index (χ0v) is 12.3. The van der Waals surface area contributed by atoms with Crippen LogP contribution in [0.2, 0.25) is 0 Å². The van der Waals surface area contributed by atoms with E-state index in [-0.39, 0.29) is 17.9 Å². The van der Waals surface area contributed by atoms with Crippen LogP contribution in [0.1, 0.15) is 46.0 Å². The van der Waals surface area contributed by atoms with Crippen molar-refractivity contribution in [1.82, 2.24) is 10.2 Å². The second-order valence-corrected chi connectivity index (χ2v) is 6.00. The van der Waals surface area contributed by atoms with Crippen LogP contribution in [-0.4, -0.2) is 34.8 Å². The van der Waals surface area contributed by atoms with Crippen LogP contribution in [0.4, 0.5) is 0 Å². The maximum atomic E-state index is 12.8. The molecule has 2 rings (SSSR count). The van der Waals surface area contributed by atoms with Crippen molar-refractivity contribution >= 4 is 23.4 Å². The van der Waals surface area contributed by atoms with E-state index in [0.717, 1.165) is 31.3 Å². The fourth-order valence-electron chi connectivity index (χ4n) is 3.07. The minimum atomic E-state index is -0.658. The first-order chi connectivity index (χ1) is 8.98. The SMILES string of the molecule is CC(=CCl)CN1C(=O)C2(CCCC2)NC(=O)CC1C. The van der Waals surface area contributed by atoms with E-state index in [2.05, 4.69) is 5.32 Å². The zero-order chi connectivity index (χ0) is 14.0. The lowest BCUT2D eigenvalue weighted by atomic mass is 9.95. The minimum absolute atomic E-state index is 0.0160. The molecule has 2 aliphatic rings. The quantitative estimate of drug-likeness (QED) is 0.845. The van der Waals surface area contributed by atoms with Gasteiger partial charge in [-0.05, 0) is 32.3 Å². The standard InChI is InChI=1S/C14H21ClN2O2/c1-10(8-15)9-17-11(2)7-12(18)16-14(13(17)19)5-3-4-6-14/h8,11H,3-7,9H2,1-2H3,(H,16,18). The average Bonchev–Trinajstić information content (AvgIpc) is 2.80. The second kappa shape index (κ2) is 5.53. The molecule has 1 aliphatic carbocycles. The van der Waals surface area contributed by atoms with Crippen LogP contribution in [0.15, 0.2) is 11.1 Å². The lowest BCUT2D eigenvalue weighted by Crippen LogP contribution is -2.56. The third-order valence-electron chi connectivity index (χ3n) is 4.12. The van der Waals surface area contributed by atoms with Crippen molar-refractivity contribution in [3.8, 4) is 0 Å². The number of carbonyl (C=O) groups is 2. The van der Waals surface area contributed by atoms with Crippen molar-refractivity contribution in [2.24, 2.45) is 0 Å². The van der Waals surface area contributed by atoms with Gasteiger partial charge in [-0.2, -0.15) is 0 Å². The Morgan fingerprint density at radius 1 is 1.47 bits per heavy atom. The van der Waals surface area contributed by atoms with E-state index < -0.39 is 5.54 Å². The summed E-state index contributed by atoms with van der Waals surface area (Å²) in [6, 6.07) is -0.0842. The summed E-state index contributed by atoms with van der Waals surface area (Å²) in [7, 11) is 0. The molecule has 1 saturated carbocycles. The van der Waals surface area contributed by atoms with Crippen molar-refractivity contribution in [3.63, 3.8) is 0 Å². The molecule has 0 aromatic rings. The van der Waals surface area contributed by atoms with Crippen LogP contribution in [0.25, 0.3) is 0 Å². The van der Waals surface area contributed by atoms with Crippen molar-refractivity contribution in [3.05, 3.63) is 11.1 Å². The highest BCUT2D eigenvalue weighted by atomic mass is 35.5. The first-order valence-electron chi connectivity index (χ1n) is 6.86. The molecule has 19 heavy (non-hydrogen) atoms. The Morgan fingerprint density at radius 3 is 2.68 bits per heavy atom. The Labute approximate surface area is 119 Å². The molecular formula is C14H21ClN2O2. The molecule has 2 fully saturated rings. The summed E-state index contributed by atoms with van der Waals surface area (Å²) >= 11 is 5.70. The highest BCUT2D eigenvalue weighted by molar-refractivity contribution is 6.25. The molecule has 1 unspecified atom stereocenters. The van der Waals surface area contributed by atoms with E-state index in [4.69, 9.17) is 11.6 Å². The number of rotatable bonds is 2. The number of carbonyl (C=O) groups excluding carboxylic acids is 2. The van der Waals surface area contributed by atoms with Gasteiger partial charge in [0.15, 0.2) is 0 Å². The van der Waals surface area contributed by atoms with Crippen molar-refractivity contribution in [1.29, 1.82) is 0 Å². The molecule has 1 saturated heterocycles. The molecule has 1 N–H and O–H groups in total. The Balaban J connectivity index is 2.29. The summed E-state index contributed by atoms with van der Waals surface area (Å²) in [6.07, 6.45) is 3.87. The molecule has 1 spiro atoms. The summed E-state index contributed by atoms with van der Waals surface area (Å²) < 4.78 is 0. The number of nitrogens with zero attached hydrogens (tertiary/aromatic N) is 1. The van der Waals surface area contributed by atoms with Gasteiger partial charge in [0, 0.05) is 24.5 Å². The van der Waals surface area contributed by atoms with Gasteiger partial charge in [0.1, 0.15) is 5.54 Å². The molecule has 0 aromatic heterocycles. The van der Waals surface area contributed by atoms with Gasteiger partial charge in [-0.3, -0.25) is 9.59 Å². The minimum Gasteiger partial charge on any atom is -0.342 e. The topological polar surface area (TPSA) is 49.4 Å². The molecule has 1 atom stereocenters. The normalized spacial score (nSPS) is 27.6. The number of hydrogen-bond donors (Lipinski definition) is 1. The first-order valence-corrected chi connectivity index (χ1v) is 7.30. The molecule has 4 nitrogen and oxygen atoms in total. The van der Waals surface area contributed by atoms with Gasteiger partial charge >= 0.3 is 0 Å². The zero-order valence-electron chi connectivity index (χ0n) is 11.5. The van der Waals surface area contributed by atoms with E-state index in [1.165, 1.54) is 5.54 Å². The smallest absolute Gasteiger partial charge is 0.248 e. The lowest BCUT2D eigenvalue weighted by molar-refractivity contribution is -0.139. The predicted octanol–water partition coefficient (Wildman–Crippen LogP) is 2.18. The van der Waals surface area contributed by atoms with E-state index >= 15 is 0 Å². The first kappa shape index (κ1) is 14.4. The number of hydrogen-bond acceptors (Lipinski definition) is 2. The maximum Gasteiger partial charge on any atom is 0.248 e. The molecule has 0 bridgehead atoms. The van der Waals surface area contributed by atoms with E-state index in [0.29, 0.717) is 13.0 Å². The Bertz CT molecular complexity index is 414. The number of halogens is 1. The molecule has 1 heterocycles. The van der Waals surface area contributed by atoms with Gasteiger partial charge in [0.25, 0.3) is 0 Å². The van der Waals surface area contributed by atoms with Crippen LogP contribution in [0.3, 0.4) is 0 Å². The molecule has 0 radical (unpaired) electrons. The van der Waals surface area contributed by atoms with Crippen LogP contribution >= 0.6 is 11.6 Å². The van der Waals surface area contributed by atoms with E-state index in [1.54, 1.807) is 4.90 Å². The molecular weight excluding hydrogens is 264 g/mol. The summed E-state index contributed by atoms with van der Waals surface area (Å²) in [4.78, 5) is 26.6. The van der Waals surface area contributed by atoms with Gasteiger partial charge < -0.3 is 10.2 Å². The molecule has 2 amide bonds. The van der Waals surface area contributed by atoms with Gasteiger partial charge in [0.2, 0.25) is 11.8 Å². The van der Waals surface area contributed by atoms with Crippen molar-refractivity contribution in [2.45, 2.75) is 57.5 Å². The number of amides is 2. The van der Waals surface area contributed by atoms with Crippen LogP contribution < -0.4 is 5.32 Å². The highest BCUT2D eigenvalue weighted by Gasteiger charge is 2.47. The number of nitrogens with one attached hydrogen (secondary N) is 1. The van der Waals surface area contributed by atoms with Crippen LogP contribution in [-0.2, 0) is 9.59 Å². The predicted molar refractivity (Wildman–Crippen MR) is 74.7 cm³/mol. The average molecular weight is 285 g/mol. The van der Waals surface area contributed by atoms with Gasteiger partial charge in [-0.1, -0.05) is 24.4 Å². The van der Waals surface area contributed by atoms with Crippen LogP contribution in [0, 0.1) is 0 Å². The molecule has 0 aromatic carbocycles. The largest absolute Gasteiger partial charge is 0.342 e. The molecule has 5 heteroatoms. The third kappa shape index (κ3) is 2.78. The summed E-state index contributed by atoms with van der Waals surface area (Å²) in [5.74, 6) is 0.0407. The van der Waals surface area contributed by atoms with Gasteiger partial charge in [-0.15, -0.1) is 0 Å². The molecule has 1 aliphatic heterocycles. The molecule has 106 valence electrons. The summed E-state index contributed by atoms with van der Waals surface area (Å²) in [5.41, 5.74) is 1.78. The van der Waals surface area contributed by atoms with E-state index in [1.807, 2.05) is 13.8 Å². The van der Waals surface area contributed by atoms with Gasteiger partial charge in [0.05, 0.1) is 0 Å². The maximum absolute atomic E-state index is 12.8. The summed E-state index contributed by atoms with van der Waals surface area (Å²) in [5, 5.41) is 2.97. The van der Waals surface area contributed by atoms with E-state index in [9.17, 15) is 9.59 Å². The Morgan fingerprint density at radius 2 is 2.11 bits per heavy atom. The Kier molecular flexibility index (Phi) is 4.19. The van der Waals surface area contributed by atoms with Crippen molar-refractivity contribution in [2.75, 3.05) is 6.54 Å². The highest BCUT2D eigenvalue weighted by Crippen LogP contribution is 2.34.